The van der Waals surface area contributed by atoms with Crippen LogP contribution >= 0.6 is 0 Å². The van der Waals surface area contributed by atoms with Crippen molar-refractivity contribution in [1.29, 1.82) is 0 Å². The molecule has 0 aliphatic carbocycles. The van der Waals surface area contributed by atoms with Crippen LogP contribution in [0.2, 0.25) is 0 Å². The van der Waals surface area contributed by atoms with Gasteiger partial charge in [-0.25, -0.2) is 9.59 Å². The molecule has 0 atom stereocenters. The second-order valence-corrected chi connectivity index (χ2v) is 5.57. The topological polar surface area (TPSA) is 52.6 Å². The van der Waals surface area contributed by atoms with Gasteiger partial charge < -0.3 is 9.47 Å². The average molecular weight is 452 g/mol. The van der Waals surface area contributed by atoms with Crippen LogP contribution in [0.3, 0.4) is 0 Å². The second-order valence-electron chi connectivity index (χ2n) is 5.57. The maximum absolute atomic E-state index is 13.1. The van der Waals surface area contributed by atoms with Crippen molar-refractivity contribution < 1.29 is 63.0 Å². The average Bonchev–Trinajstić information content (AvgIpc) is 2.59. The maximum atomic E-state index is 13.1. The van der Waals surface area contributed by atoms with Gasteiger partial charge in [-0.05, 0) is 11.5 Å². The molecular weight excluding hydrogens is 446 g/mol. The molecule has 0 aliphatic heterocycles. The largest absolute Gasteiger partial charge is 0.465 e. The molecule has 0 saturated heterocycles. The van der Waals surface area contributed by atoms with Crippen LogP contribution in [0.25, 0.3) is 10.8 Å². The Balaban J connectivity index is 2.47. The zero-order chi connectivity index (χ0) is 23.1. The van der Waals surface area contributed by atoms with Crippen molar-refractivity contribution in [2.75, 3.05) is 0 Å². The van der Waals surface area contributed by atoms with E-state index in [9.17, 15) is 53.5 Å². The summed E-state index contributed by atoms with van der Waals surface area (Å²) in [7, 11) is 0. The summed E-state index contributed by atoms with van der Waals surface area (Å²) in [6, 6.07) is 5.52. The van der Waals surface area contributed by atoms with E-state index in [-0.39, 0.29) is 16.8 Å². The monoisotopic (exact) mass is 452 g/mol. The number of halogens is 10. The van der Waals surface area contributed by atoms with E-state index in [1.165, 1.54) is 12.1 Å². The lowest BCUT2D eigenvalue weighted by Crippen LogP contribution is -2.46. The molecule has 0 saturated carbocycles. The van der Waals surface area contributed by atoms with E-state index in [1.54, 1.807) is 0 Å². The zero-order valence-electron chi connectivity index (χ0n) is 13.9. The van der Waals surface area contributed by atoms with Crippen molar-refractivity contribution in [3.63, 3.8) is 0 Å². The molecule has 0 heterocycles. The first kappa shape index (κ1) is 23.2. The SMILES string of the molecule is O=C(Oc1cc(OC(=O)C(F)(F)C(F)(F)F)c2ccccc2c1)C(F)(F)C(F)(F)F. The van der Waals surface area contributed by atoms with Gasteiger partial charge in [0.1, 0.15) is 11.5 Å². The lowest BCUT2D eigenvalue weighted by molar-refractivity contribution is -0.276. The van der Waals surface area contributed by atoms with E-state index in [1.807, 2.05) is 0 Å². The third kappa shape index (κ3) is 4.26. The quantitative estimate of drug-likeness (QED) is 0.371. The van der Waals surface area contributed by atoms with Gasteiger partial charge >= 0.3 is 36.1 Å². The fourth-order valence-corrected chi connectivity index (χ4v) is 1.96. The highest BCUT2D eigenvalue weighted by atomic mass is 19.4. The standard InChI is InChI=1S/C16H6F10O4/c17-13(18,15(21,22)23)11(27)29-8-5-7-3-1-2-4-9(7)10(6-8)30-12(28)14(19,20)16(24,25)26/h1-6H. The predicted molar refractivity (Wildman–Crippen MR) is 77.2 cm³/mol. The molecule has 4 nitrogen and oxygen atoms in total. The summed E-state index contributed by atoms with van der Waals surface area (Å²) in [5.41, 5.74) is 0. The lowest BCUT2D eigenvalue weighted by atomic mass is 10.1. The van der Waals surface area contributed by atoms with Gasteiger partial charge in [0, 0.05) is 11.5 Å². The Morgan fingerprint density at radius 2 is 1.13 bits per heavy atom. The van der Waals surface area contributed by atoms with Crippen molar-refractivity contribution >= 4 is 22.7 Å². The number of rotatable bonds is 4. The molecule has 0 spiro atoms. The van der Waals surface area contributed by atoms with Crippen LogP contribution in [0.1, 0.15) is 0 Å². The van der Waals surface area contributed by atoms with Gasteiger partial charge in [0.25, 0.3) is 0 Å². The minimum Gasteiger partial charge on any atom is -0.422 e. The van der Waals surface area contributed by atoms with Gasteiger partial charge in [0.15, 0.2) is 0 Å². The van der Waals surface area contributed by atoms with E-state index < -0.39 is 47.6 Å². The predicted octanol–water partition coefficient (Wildman–Crippen LogP) is 5.05. The zero-order valence-corrected chi connectivity index (χ0v) is 13.9. The van der Waals surface area contributed by atoms with Gasteiger partial charge in [-0.15, -0.1) is 0 Å². The van der Waals surface area contributed by atoms with Gasteiger partial charge in [0.2, 0.25) is 0 Å². The van der Waals surface area contributed by atoms with Crippen LogP contribution in [0.4, 0.5) is 43.9 Å². The molecule has 0 aromatic heterocycles. The van der Waals surface area contributed by atoms with Crippen LogP contribution < -0.4 is 9.47 Å². The fourth-order valence-electron chi connectivity index (χ4n) is 1.96. The molecule has 0 aliphatic rings. The van der Waals surface area contributed by atoms with Crippen molar-refractivity contribution in [3.8, 4) is 11.5 Å². The minimum absolute atomic E-state index is 0.212. The summed E-state index contributed by atoms with van der Waals surface area (Å²) in [6.45, 7) is 0. The third-order valence-corrected chi connectivity index (χ3v) is 3.44. The summed E-state index contributed by atoms with van der Waals surface area (Å²) in [4.78, 5) is 22.5. The Bertz CT molecular complexity index is 978. The molecular formula is C16H6F10O4. The molecule has 0 bridgehead atoms. The second kappa shape index (κ2) is 7.32. The molecule has 164 valence electrons. The van der Waals surface area contributed by atoms with E-state index in [2.05, 4.69) is 9.47 Å². The molecule has 0 amide bonds. The molecule has 2 aromatic rings. The number of benzene rings is 2. The number of ether oxygens (including phenoxy) is 2. The van der Waals surface area contributed by atoms with Crippen molar-refractivity contribution in [1.82, 2.24) is 0 Å². The molecule has 30 heavy (non-hydrogen) atoms. The maximum Gasteiger partial charge on any atom is 0.465 e. The smallest absolute Gasteiger partial charge is 0.422 e. The number of carbonyl (C=O) groups excluding carboxylic acids is 2. The molecule has 14 heteroatoms. The highest BCUT2D eigenvalue weighted by Gasteiger charge is 2.66. The highest BCUT2D eigenvalue weighted by Crippen LogP contribution is 2.40. The molecule has 2 rings (SSSR count). The van der Waals surface area contributed by atoms with Crippen molar-refractivity contribution in [3.05, 3.63) is 36.4 Å². The molecule has 0 N–H and O–H groups in total. The van der Waals surface area contributed by atoms with Gasteiger partial charge in [-0.3, -0.25) is 0 Å². The molecule has 0 unspecified atom stereocenters. The van der Waals surface area contributed by atoms with E-state index in [0.717, 1.165) is 12.1 Å². The summed E-state index contributed by atoms with van der Waals surface area (Å²) in [6.07, 6.45) is -12.7. The number of esters is 2. The normalized spacial score (nSPS) is 13.3. The first-order valence-corrected chi connectivity index (χ1v) is 7.35. The highest BCUT2D eigenvalue weighted by molar-refractivity contribution is 5.93. The number of carbonyl (C=O) groups is 2. The third-order valence-electron chi connectivity index (χ3n) is 3.44. The van der Waals surface area contributed by atoms with Crippen molar-refractivity contribution in [2.45, 2.75) is 24.2 Å². The van der Waals surface area contributed by atoms with Gasteiger partial charge in [-0.2, -0.15) is 43.9 Å². The lowest BCUT2D eigenvalue weighted by Gasteiger charge is -2.19. The Hall–Kier alpha value is -3.06. The van der Waals surface area contributed by atoms with Crippen LogP contribution in [-0.4, -0.2) is 36.1 Å². The Kier molecular flexibility index (Phi) is 5.67. The van der Waals surface area contributed by atoms with Crippen LogP contribution in [-0.2, 0) is 9.59 Å². The summed E-state index contributed by atoms with van der Waals surface area (Å²) in [5, 5.41) is -0.526. The summed E-state index contributed by atoms with van der Waals surface area (Å²) in [5.74, 6) is -20.4. The van der Waals surface area contributed by atoms with E-state index in [0.29, 0.717) is 6.07 Å². The van der Waals surface area contributed by atoms with Gasteiger partial charge in [0.05, 0.1) is 0 Å². The van der Waals surface area contributed by atoms with Crippen molar-refractivity contribution in [2.24, 2.45) is 0 Å². The molecule has 2 aromatic carbocycles. The Morgan fingerprint density at radius 3 is 1.63 bits per heavy atom. The fraction of sp³-hybridized carbons (Fsp3) is 0.250. The Labute approximate surface area is 159 Å². The van der Waals surface area contributed by atoms with Crippen LogP contribution in [0.5, 0.6) is 11.5 Å². The van der Waals surface area contributed by atoms with Crippen LogP contribution in [0.15, 0.2) is 36.4 Å². The Morgan fingerprint density at radius 1 is 0.667 bits per heavy atom. The van der Waals surface area contributed by atoms with Gasteiger partial charge in [-0.1, -0.05) is 24.3 Å². The minimum atomic E-state index is -6.33. The number of hydrogen-bond donors (Lipinski definition) is 0. The van der Waals surface area contributed by atoms with E-state index >= 15 is 0 Å². The number of alkyl halides is 10. The molecule has 0 radical (unpaired) electrons. The number of fused-ring (bicyclic) bond motifs is 1. The van der Waals surface area contributed by atoms with Crippen LogP contribution in [0, 0.1) is 0 Å². The van der Waals surface area contributed by atoms with E-state index in [4.69, 9.17) is 0 Å². The first-order chi connectivity index (χ1) is 13.5. The summed E-state index contributed by atoms with van der Waals surface area (Å²) < 4.78 is 134. The molecule has 0 fully saturated rings. The summed E-state index contributed by atoms with van der Waals surface area (Å²) >= 11 is 0. The first-order valence-electron chi connectivity index (χ1n) is 7.35. The number of hydrogen-bond acceptors (Lipinski definition) is 4.